The SMILES string of the molecule is Fc1ccc(Nc2nc(Br)cn3ccnc23)c(I)c1. The quantitative estimate of drug-likeness (QED) is 0.623. The summed E-state index contributed by atoms with van der Waals surface area (Å²) in [6.07, 6.45) is 5.36. The number of hydrogen-bond acceptors (Lipinski definition) is 3. The third-order valence-electron chi connectivity index (χ3n) is 2.53. The predicted octanol–water partition coefficient (Wildman–Crippen LogP) is 3.98. The van der Waals surface area contributed by atoms with Crippen LogP contribution in [0.25, 0.3) is 5.65 Å². The van der Waals surface area contributed by atoms with Gasteiger partial charge in [0.05, 0.1) is 5.69 Å². The number of anilines is 2. The van der Waals surface area contributed by atoms with Gasteiger partial charge in [0, 0.05) is 22.2 Å². The Balaban J connectivity index is 2.07. The van der Waals surface area contributed by atoms with Gasteiger partial charge < -0.3 is 9.72 Å². The topological polar surface area (TPSA) is 42.2 Å². The van der Waals surface area contributed by atoms with E-state index in [2.05, 4.69) is 53.8 Å². The van der Waals surface area contributed by atoms with Crippen LogP contribution in [-0.4, -0.2) is 14.4 Å². The van der Waals surface area contributed by atoms with Crippen molar-refractivity contribution in [3.63, 3.8) is 0 Å². The maximum atomic E-state index is 13.1. The molecule has 0 saturated heterocycles. The monoisotopic (exact) mass is 432 g/mol. The van der Waals surface area contributed by atoms with E-state index in [0.717, 1.165) is 9.26 Å². The minimum absolute atomic E-state index is 0.261. The third-order valence-corrected chi connectivity index (χ3v) is 3.80. The molecule has 0 spiro atoms. The second-order valence-corrected chi connectivity index (χ2v) is 5.79. The lowest BCUT2D eigenvalue weighted by molar-refractivity contribution is 0.627. The molecule has 0 aliphatic rings. The Hall–Kier alpha value is -1.22. The van der Waals surface area contributed by atoms with Gasteiger partial charge in [0.25, 0.3) is 0 Å². The van der Waals surface area contributed by atoms with Gasteiger partial charge in [-0.05, 0) is 56.7 Å². The van der Waals surface area contributed by atoms with Crippen molar-refractivity contribution in [2.75, 3.05) is 5.32 Å². The molecule has 4 nitrogen and oxygen atoms in total. The first-order chi connectivity index (χ1) is 9.13. The molecule has 96 valence electrons. The van der Waals surface area contributed by atoms with E-state index >= 15 is 0 Å². The van der Waals surface area contributed by atoms with Gasteiger partial charge in [-0.15, -0.1) is 0 Å². The van der Waals surface area contributed by atoms with E-state index in [9.17, 15) is 4.39 Å². The minimum atomic E-state index is -0.261. The van der Waals surface area contributed by atoms with Gasteiger partial charge in [0.1, 0.15) is 10.4 Å². The Morgan fingerprint density at radius 2 is 2.21 bits per heavy atom. The Morgan fingerprint density at radius 1 is 1.37 bits per heavy atom. The molecule has 2 heterocycles. The highest BCUT2D eigenvalue weighted by Crippen LogP contribution is 2.25. The van der Waals surface area contributed by atoms with Crippen LogP contribution in [0.4, 0.5) is 15.9 Å². The lowest BCUT2D eigenvalue weighted by atomic mass is 10.3. The molecule has 0 unspecified atom stereocenters. The summed E-state index contributed by atoms with van der Waals surface area (Å²) in [5.41, 5.74) is 1.50. The van der Waals surface area contributed by atoms with E-state index in [4.69, 9.17) is 0 Å². The Kier molecular flexibility index (Phi) is 3.40. The van der Waals surface area contributed by atoms with Crippen molar-refractivity contribution in [2.45, 2.75) is 0 Å². The molecule has 0 aliphatic heterocycles. The molecule has 0 aliphatic carbocycles. The maximum Gasteiger partial charge on any atom is 0.180 e. The van der Waals surface area contributed by atoms with Gasteiger partial charge in [-0.3, -0.25) is 0 Å². The summed E-state index contributed by atoms with van der Waals surface area (Å²) in [4.78, 5) is 8.60. The average Bonchev–Trinajstić information content (AvgIpc) is 2.80. The number of halogens is 3. The van der Waals surface area contributed by atoms with E-state index in [1.165, 1.54) is 12.1 Å². The highest BCUT2D eigenvalue weighted by atomic mass is 127. The largest absolute Gasteiger partial charge is 0.336 e. The second kappa shape index (κ2) is 5.04. The molecule has 0 radical (unpaired) electrons. The van der Waals surface area contributed by atoms with E-state index in [0.29, 0.717) is 16.1 Å². The highest BCUT2D eigenvalue weighted by Gasteiger charge is 2.09. The normalized spacial score (nSPS) is 10.9. The highest BCUT2D eigenvalue weighted by molar-refractivity contribution is 14.1. The van der Waals surface area contributed by atoms with Crippen LogP contribution >= 0.6 is 38.5 Å². The summed E-state index contributed by atoms with van der Waals surface area (Å²) in [6.45, 7) is 0. The molecule has 3 aromatic rings. The molecule has 0 fully saturated rings. The Labute approximate surface area is 130 Å². The number of hydrogen-bond donors (Lipinski definition) is 1. The van der Waals surface area contributed by atoms with Gasteiger partial charge in [-0.25, -0.2) is 14.4 Å². The molecule has 1 aromatic carbocycles. The molecule has 0 amide bonds. The fourth-order valence-corrected chi connectivity index (χ4v) is 2.71. The van der Waals surface area contributed by atoms with Gasteiger partial charge >= 0.3 is 0 Å². The van der Waals surface area contributed by atoms with E-state index in [-0.39, 0.29) is 5.82 Å². The van der Waals surface area contributed by atoms with Crippen LogP contribution < -0.4 is 5.32 Å². The first kappa shape index (κ1) is 12.8. The van der Waals surface area contributed by atoms with Gasteiger partial charge in [0.15, 0.2) is 11.5 Å². The summed E-state index contributed by atoms with van der Waals surface area (Å²) in [6, 6.07) is 4.55. The molecule has 1 N–H and O–H groups in total. The van der Waals surface area contributed by atoms with Gasteiger partial charge in [0.2, 0.25) is 0 Å². The number of fused-ring (bicyclic) bond motifs is 1. The lowest BCUT2D eigenvalue weighted by Crippen LogP contribution is -2.00. The third kappa shape index (κ3) is 2.57. The van der Waals surface area contributed by atoms with Crippen molar-refractivity contribution in [1.29, 1.82) is 0 Å². The fraction of sp³-hybridized carbons (Fsp3) is 0. The zero-order valence-corrected chi connectivity index (χ0v) is 13.2. The number of benzene rings is 1. The van der Waals surface area contributed by atoms with Gasteiger partial charge in [-0.2, -0.15) is 0 Å². The average molecular weight is 433 g/mol. The second-order valence-electron chi connectivity index (χ2n) is 3.82. The smallest absolute Gasteiger partial charge is 0.180 e. The molecule has 0 bridgehead atoms. The van der Waals surface area contributed by atoms with Crippen molar-refractivity contribution in [3.05, 3.63) is 50.8 Å². The zero-order valence-electron chi connectivity index (χ0n) is 9.44. The molecule has 7 heteroatoms. The first-order valence-electron chi connectivity index (χ1n) is 5.35. The van der Waals surface area contributed by atoms with Crippen molar-refractivity contribution in [3.8, 4) is 0 Å². The summed E-state index contributed by atoms with van der Waals surface area (Å²) in [7, 11) is 0. The summed E-state index contributed by atoms with van der Waals surface area (Å²) in [5.74, 6) is 0.354. The van der Waals surface area contributed by atoms with Crippen LogP contribution in [0.15, 0.2) is 41.4 Å². The number of imidazole rings is 1. The van der Waals surface area contributed by atoms with Crippen LogP contribution in [0.3, 0.4) is 0 Å². The first-order valence-corrected chi connectivity index (χ1v) is 7.22. The molecule has 3 rings (SSSR count). The number of nitrogens with zero attached hydrogens (tertiary/aromatic N) is 3. The van der Waals surface area contributed by atoms with Crippen molar-refractivity contribution < 1.29 is 4.39 Å². The zero-order chi connectivity index (χ0) is 13.4. The number of nitrogens with one attached hydrogen (secondary N) is 1. The Morgan fingerprint density at radius 3 is 3.00 bits per heavy atom. The van der Waals surface area contributed by atoms with E-state index in [1.807, 2.05) is 16.8 Å². The van der Waals surface area contributed by atoms with Crippen LogP contribution in [0.1, 0.15) is 0 Å². The fourth-order valence-electron chi connectivity index (χ4n) is 1.70. The summed E-state index contributed by atoms with van der Waals surface area (Å²) in [5, 5.41) is 3.17. The van der Waals surface area contributed by atoms with E-state index in [1.54, 1.807) is 12.3 Å². The molecule has 0 atom stereocenters. The molecule has 19 heavy (non-hydrogen) atoms. The standard InChI is InChI=1S/C12H7BrFIN4/c13-10-6-19-4-3-16-12(19)11(18-10)17-9-2-1-7(14)5-8(9)15/h1-6H,(H,17,18). The number of aromatic nitrogens is 3. The lowest BCUT2D eigenvalue weighted by Gasteiger charge is -2.09. The van der Waals surface area contributed by atoms with Crippen molar-refractivity contribution in [1.82, 2.24) is 14.4 Å². The van der Waals surface area contributed by atoms with Gasteiger partial charge in [-0.1, -0.05) is 0 Å². The molecule has 2 aromatic heterocycles. The van der Waals surface area contributed by atoms with Crippen molar-refractivity contribution >= 4 is 55.7 Å². The van der Waals surface area contributed by atoms with Crippen LogP contribution in [0.5, 0.6) is 0 Å². The van der Waals surface area contributed by atoms with Crippen LogP contribution in [-0.2, 0) is 0 Å². The van der Waals surface area contributed by atoms with Crippen LogP contribution in [0, 0.1) is 9.39 Å². The molecule has 0 saturated carbocycles. The summed E-state index contributed by atoms with van der Waals surface area (Å²) < 4.78 is 16.4. The molecular formula is C12H7BrFIN4. The maximum absolute atomic E-state index is 13.1. The van der Waals surface area contributed by atoms with Crippen LogP contribution in [0.2, 0.25) is 0 Å². The molecular weight excluding hydrogens is 426 g/mol. The number of rotatable bonds is 2. The minimum Gasteiger partial charge on any atom is -0.336 e. The van der Waals surface area contributed by atoms with E-state index < -0.39 is 0 Å². The Bertz CT molecular complexity index is 759. The summed E-state index contributed by atoms with van der Waals surface area (Å²) >= 11 is 5.42. The van der Waals surface area contributed by atoms with Crippen molar-refractivity contribution in [2.24, 2.45) is 0 Å². The predicted molar refractivity (Wildman–Crippen MR) is 83.1 cm³/mol.